The number of rotatable bonds is 4. The fraction of sp³-hybridized carbons (Fsp3) is 0.667. The summed E-state index contributed by atoms with van der Waals surface area (Å²) < 4.78 is 0. The van der Waals surface area contributed by atoms with Gasteiger partial charge in [0.1, 0.15) is 0 Å². The Morgan fingerprint density at radius 2 is 2.19 bits per heavy atom. The predicted octanol–water partition coefficient (Wildman–Crippen LogP) is 2.78. The van der Waals surface area contributed by atoms with Gasteiger partial charge in [0.05, 0.1) is 0 Å². The molecule has 0 bridgehead atoms. The summed E-state index contributed by atoms with van der Waals surface area (Å²) >= 11 is 0. The molecule has 2 N–H and O–H groups in total. The second kappa shape index (κ2) is 7.24. The first kappa shape index (κ1) is 15.5. The normalized spacial score (nSPS) is 18.7. The summed E-state index contributed by atoms with van der Waals surface area (Å²) in [6.07, 6.45) is 4.83. The van der Waals surface area contributed by atoms with Crippen molar-refractivity contribution >= 4 is 17.7 Å². The van der Waals surface area contributed by atoms with Gasteiger partial charge in [0, 0.05) is 18.6 Å². The van der Waals surface area contributed by atoms with Gasteiger partial charge in [-0.05, 0) is 51.7 Å². The molecule has 1 saturated heterocycles. The number of anilines is 2. The largest absolute Gasteiger partial charge is 0.352 e. The van der Waals surface area contributed by atoms with Crippen molar-refractivity contribution < 1.29 is 4.79 Å². The number of nitrogens with one attached hydrogen (secondary N) is 2. The summed E-state index contributed by atoms with van der Waals surface area (Å²) in [5.74, 6) is 1.37. The first-order chi connectivity index (χ1) is 10.1. The van der Waals surface area contributed by atoms with Crippen LogP contribution in [0.15, 0.2) is 12.1 Å². The molecule has 2 rings (SSSR count). The molecule has 1 aromatic rings. The number of nitrogens with zero attached hydrogens (tertiary/aromatic N) is 3. The summed E-state index contributed by atoms with van der Waals surface area (Å²) in [6, 6.07) is 4.14. The summed E-state index contributed by atoms with van der Waals surface area (Å²) in [5.41, 5.74) is 0. The number of urea groups is 1. The van der Waals surface area contributed by atoms with Gasteiger partial charge in [-0.2, -0.15) is 0 Å². The number of hydrogen-bond donors (Lipinski definition) is 2. The molecular weight excluding hydrogens is 266 g/mol. The molecular formula is C15H25N5O. The molecule has 116 valence electrons. The monoisotopic (exact) mass is 291 g/mol. The van der Waals surface area contributed by atoms with Gasteiger partial charge in [0.15, 0.2) is 11.6 Å². The number of carbonyl (C=O) groups is 1. The van der Waals surface area contributed by atoms with Crippen molar-refractivity contribution in [3.05, 3.63) is 12.1 Å². The molecule has 1 fully saturated rings. The van der Waals surface area contributed by atoms with Gasteiger partial charge in [-0.3, -0.25) is 5.32 Å². The van der Waals surface area contributed by atoms with Gasteiger partial charge in [-0.1, -0.05) is 6.92 Å². The average Bonchev–Trinajstić information content (AvgIpc) is 2.47. The molecule has 1 atom stereocenters. The molecule has 1 aliphatic heterocycles. The molecule has 1 unspecified atom stereocenters. The van der Waals surface area contributed by atoms with E-state index in [0.29, 0.717) is 11.9 Å². The van der Waals surface area contributed by atoms with Gasteiger partial charge in [0.25, 0.3) is 0 Å². The maximum Gasteiger partial charge on any atom is 0.320 e. The molecule has 2 amide bonds. The Morgan fingerprint density at radius 1 is 1.38 bits per heavy atom. The second-order valence-electron chi connectivity index (χ2n) is 5.78. The third kappa shape index (κ3) is 4.31. The highest BCUT2D eigenvalue weighted by Crippen LogP contribution is 2.24. The molecule has 1 aromatic heterocycles. The van der Waals surface area contributed by atoms with Crippen molar-refractivity contribution in [2.24, 2.45) is 0 Å². The Kier molecular flexibility index (Phi) is 5.36. The Morgan fingerprint density at radius 3 is 2.81 bits per heavy atom. The lowest BCUT2D eigenvalue weighted by Crippen LogP contribution is -2.39. The SMILES string of the molecule is CCC1CCCCN1c1ccc(NC(=O)NC(C)C)nn1. The average molecular weight is 291 g/mol. The molecule has 1 aliphatic rings. The quantitative estimate of drug-likeness (QED) is 0.895. The number of amides is 2. The van der Waals surface area contributed by atoms with Crippen LogP contribution in [0.4, 0.5) is 16.4 Å². The van der Waals surface area contributed by atoms with Crippen LogP contribution in [0.25, 0.3) is 0 Å². The molecule has 2 heterocycles. The first-order valence-electron chi connectivity index (χ1n) is 7.78. The summed E-state index contributed by atoms with van der Waals surface area (Å²) in [7, 11) is 0. The fourth-order valence-corrected chi connectivity index (χ4v) is 2.69. The van der Waals surface area contributed by atoms with Crippen LogP contribution in [0.1, 0.15) is 46.5 Å². The van der Waals surface area contributed by atoms with Crippen LogP contribution in [0, 0.1) is 0 Å². The van der Waals surface area contributed by atoms with E-state index in [-0.39, 0.29) is 12.1 Å². The smallest absolute Gasteiger partial charge is 0.320 e. The van der Waals surface area contributed by atoms with Crippen LogP contribution in [-0.4, -0.2) is 34.9 Å². The number of aromatic nitrogens is 2. The highest BCUT2D eigenvalue weighted by molar-refractivity contribution is 5.88. The summed E-state index contributed by atoms with van der Waals surface area (Å²) in [4.78, 5) is 13.9. The van der Waals surface area contributed by atoms with E-state index in [1.54, 1.807) is 0 Å². The molecule has 0 aromatic carbocycles. The maximum atomic E-state index is 11.6. The fourth-order valence-electron chi connectivity index (χ4n) is 2.69. The molecule has 0 spiro atoms. The van der Waals surface area contributed by atoms with Crippen molar-refractivity contribution in [1.29, 1.82) is 0 Å². The Hall–Kier alpha value is -1.85. The van der Waals surface area contributed by atoms with Crippen LogP contribution in [0.5, 0.6) is 0 Å². The minimum absolute atomic E-state index is 0.0934. The molecule has 0 saturated carbocycles. The number of piperidine rings is 1. The van der Waals surface area contributed by atoms with Gasteiger partial charge in [0.2, 0.25) is 0 Å². The minimum atomic E-state index is -0.253. The molecule has 0 radical (unpaired) electrons. The Balaban J connectivity index is 1.99. The van der Waals surface area contributed by atoms with E-state index >= 15 is 0 Å². The van der Waals surface area contributed by atoms with Crippen molar-refractivity contribution in [2.45, 2.75) is 58.5 Å². The molecule has 6 heteroatoms. The molecule has 0 aliphatic carbocycles. The van der Waals surface area contributed by atoms with Crippen molar-refractivity contribution in [1.82, 2.24) is 15.5 Å². The summed E-state index contributed by atoms with van der Waals surface area (Å²) in [5, 5.41) is 13.8. The Labute approximate surface area is 126 Å². The lowest BCUT2D eigenvalue weighted by atomic mass is 10.0. The van der Waals surface area contributed by atoms with Crippen molar-refractivity contribution in [2.75, 3.05) is 16.8 Å². The van der Waals surface area contributed by atoms with E-state index < -0.39 is 0 Å². The summed E-state index contributed by atoms with van der Waals surface area (Å²) in [6.45, 7) is 7.07. The van der Waals surface area contributed by atoms with Gasteiger partial charge in [-0.25, -0.2) is 4.79 Å². The van der Waals surface area contributed by atoms with E-state index in [4.69, 9.17) is 0 Å². The minimum Gasteiger partial charge on any atom is -0.352 e. The van der Waals surface area contributed by atoms with Crippen molar-refractivity contribution in [3.8, 4) is 0 Å². The lowest BCUT2D eigenvalue weighted by molar-refractivity contribution is 0.250. The van der Waals surface area contributed by atoms with Crippen LogP contribution in [0.2, 0.25) is 0 Å². The van der Waals surface area contributed by atoms with Crippen molar-refractivity contribution in [3.63, 3.8) is 0 Å². The van der Waals surface area contributed by atoms with Crippen LogP contribution < -0.4 is 15.5 Å². The molecule has 21 heavy (non-hydrogen) atoms. The van der Waals surface area contributed by atoms with Crippen LogP contribution in [-0.2, 0) is 0 Å². The third-order valence-corrected chi connectivity index (χ3v) is 3.70. The predicted molar refractivity (Wildman–Crippen MR) is 84.6 cm³/mol. The van der Waals surface area contributed by atoms with E-state index in [0.717, 1.165) is 18.8 Å². The number of carbonyl (C=O) groups excluding carboxylic acids is 1. The first-order valence-corrected chi connectivity index (χ1v) is 7.78. The van der Waals surface area contributed by atoms with Gasteiger partial charge in [-0.15, -0.1) is 10.2 Å². The highest BCUT2D eigenvalue weighted by Gasteiger charge is 2.22. The Bertz CT molecular complexity index is 460. The van der Waals surface area contributed by atoms with E-state index in [1.165, 1.54) is 19.3 Å². The maximum absolute atomic E-state index is 11.6. The van der Waals surface area contributed by atoms with Gasteiger partial charge < -0.3 is 10.2 Å². The zero-order chi connectivity index (χ0) is 15.2. The van der Waals surface area contributed by atoms with E-state index in [1.807, 2.05) is 26.0 Å². The zero-order valence-electron chi connectivity index (χ0n) is 13.1. The van der Waals surface area contributed by atoms with Crippen LogP contribution >= 0.6 is 0 Å². The number of hydrogen-bond acceptors (Lipinski definition) is 4. The molecule has 6 nitrogen and oxygen atoms in total. The second-order valence-corrected chi connectivity index (χ2v) is 5.78. The van der Waals surface area contributed by atoms with Crippen LogP contribution in [0.3, 0.4) is 0 Å². The zero-order valence-corrected chi connectivity index (χ0v) is 13.1. The van der Waals surface area contributed by atoms with E-state index in [9.17, 15) is 4.79 Å². The topological polar surface area (TPSA) is 70.2 Å². The third-order valence-electron chi connectivity index (χ3n) is 3.70. The van der Waals surface area contributed by atoms with E-state index in [2.05, 4.69) is 32.7 Å². The highest BCUT2D eigenvalue weighted by atomic mass is 16.2. The lowest BCUT2D eigenvalue weighted by Gasteiger charge is -2.35. The standard InChI is InChI=1S/C15H25N5O/c1-4-12-7-5-6-10-20(12)14-9-8-13(18-19-14)17-15(21)16-11(2)3/h8-9,11-12H,4-7,10H2,1-3H3,(H2,16,17,18,21). The van der Waals surface area contributed by atoms with Gasteiger partial charge >= 0.3 is 6.03 Å².